The Morgan fingerprint density at radius 3 is 2.64 bits per heavy atom. The smallest absolute Gasteiger partial charge is 0.359 e. The van der Waals surface area contributed by atoms with Crippen LogP contribution >= 0.6 is 0 Å². The van der Waals surface area contributed by atoms with Crippen LogP contribution < -0.4 is 5.32 Å². The lowest BCUT2D eigenvalue weighted by Gasteiger charge is -2.05. The lowest BCUT2D eigenvalue weighted by molar-refractivity contribution is -0.119. The van der Waals surface area contributed by atoms with Crippen LogP contribution in [0.3, 0.4) is 0 Å². The zero-order valence-corrected chi connectivity index (χ0v) is 11.6. The van der Waals surface area contributed by atoms with Gasteiger partial charge < -0.3 is 14.5 Å². The van der Waals surface area contributed by atoms with Crippen LogP contribution in [0, 0.1) is 0 Å². The summed E-state index contributed by atoms with van der Waals surface area (Å²) in [5.41, 5.74) is 1.46. The van der Waals surface area contributed by atoms with E-state index in [1.165, 1.54) is 0 Å². The number of nitrogens with zero attached hydrogens (tertiary/aromatic N) is 2. The van der Waals surface area contributed by atoms with Crippen LogP contribution in [-0.2, 0) is 9.53 Å². The van der Waals surface area contributed by atoms with Gasteiger partial charge in [-0.25, -0.2) is 9.78 Å². The number of aromatic nitrogens is 2. The fourth-order valence-electron chi connectivity index (χ4n) is 1.96. The molecule has 0 saturated heterocycles. The molecule has 3 aromatic rings. The highest BCUT2D eigenvalue weighted by atomic mass is 16.5. The van der Waals surface area contributed by atoms with Crippen LogP contribution in [-0.4, -0.2) is 27.9 Å². The maximum Gasteiger partial charge on any atom is 0.359 e. The van der Waals surface area contributed by atoms with E-state index >= 15 is 0 Å². The average molecular weight is 295 g/mol. The largest absolute Gasteiger partial charge is 0.451 e. The molecule has 0 aliphatic rings. The first-order valence-electron chi connectivity index (χ1n) is 6.68. The van der Waals surface area contributed by atoms with Gasteiger partial charge in [0, 0.05) is 18.1 Å². The Morgan fingerprint density at radius 2 is 1.86 bits per heavy atom. The SMILES string of the molecule is O=C(COC(=O)c1cn2ccccc2n1)Nc1ccccc1. The van der Waals surface area contributed by atoms with Crippen LogP contribution in [0.4, 0.5) is 5.69 Å². The molecule has 0 atom stereocenters. The van der Waals surface area contributed by atoms with Gasteiger partial charge >= 0.3 is 5.97 Å². The van der Waals surface area contributed by atoms with E-state index in [0.29, 0.717) is 11.3 Å². The summed E-state index contributed by atoms with van der Waals surface area (Å²) in [6.45, 7) is -0.360. The van der Waals surface area contributed by atoms with E-state index in [2.05, 4.69) is 10.3 Å². The lowest BCUT2D eigenvalue weighted by atomic mass is 10.3. The highest BCUT2D eigenvalue weighted by Gasteiger charge is 2.14. The van der Waals surface area contributed by atoms with Crippen molar-refractivity contribution in [2.24, 2.45) is 0 Å². The quantitative estimate of drug-likeness (QED) is 0.748. The molecule has 110 valence electrons. The fourth-order valence-corrected chi connectivity index (χ4v) is 1.96. The second-order valence-electron chi connectivity index (χ2n) is 4.58. The number of ether oxygens (including phenoxy) is 1. The van der Waals surface area contributed by atoms with Gasteiger partial charge in [-0.15, -0.1) is 0 Å². The Labute approximate surface area is 126 Å². The van der Waals surface area contributed by atoms with Crippen molar-refractivity contribution >= 4 is 23.2 Å². The monoisotopic (exact) mass is 295 g/mol. The van der Waals surface area contributed by atoms with E-state index in [1.54, 1.807) is 47.1 Å². The molecule has 0 bridgehead atoms. The zero-order chi connectivity index (χ0) is 15.4. The van der Waals surface area contributed by atoms with Crippen LogP contribution in [0.1, 0.15) is 10.5 Å². The van der Waals surface area contributed by atoms with Gasteiger partial charge in [-0.05, 0) is 24.3 Å². The average Bonchev–Trinajstić information content (AvgIpc) is 2.98. The standard InChI is InChI=1S/C16H13N3O3/c20-15(17-12-6-2-1-3-7-12)11-22-16(21)13-10-19-9-5-4-8-14(19)18-13/h1-10H,11H2,(H,17,20). The Morgan fingerprint density at radius 1 is 1.09 bits per heavy atom. The number of pyridine rings is 1. The minimum atomic E-state index is -0.632. The zero-order valence-electron chi connectivity index (χ0n) is 11.6. The number of carbonyl (C=O) groups excluding carboxylic acids is 2. The predicted octanol–water partition coefficient (Wildman–Crippen LogP) is 2.13. The Hall–Kier alpha value is -3.15. The van der Waals surface area contributed by atoms with Gasteiger partial charge in [-0.3, -0.25) is 4.79 Å². The van der Waals surface area contributed by atoms with E-state index in [-0.39, 0.29) is 12.3 Å². The number of hydrogen-bond acceptors (Lipinski definition) is 4. The van der Waals surface area contributed by atoms with Gasteiger partial charge in [0.25, 0.3) is 5.91 Å². The molecule has 1 N–H and O–H groups in total. The molecule has 0 saturated carbocycles. The minimum Gasteiger partial charge on any atom is -0.451 e. The molecule has 0 aliphatic carbocycles. The fraction of sp³-hybridized carbons (Fsp3) is 0.0625. The van der Waals surface area contributed by atoms with Crippen LogP contribution in [0.25, 0.3) is 5.65 Å². The van der Waals surface area contributed by atoms with Gasteiger partial charge in [-0.2, -0.15) is 0 Å². The summed E-state index contributed by atoms with van der Waals surface area (Å²) < 4.78 is 6.67. The van der Waals surface area contributed by atoms with Crippen molar-refractivity contribution in [2.45, 2.75) is 0 Å². The van der Waals surface area contributed by atoms with Gasteiger partial charge in [-0.1, -0.05) is 24.3 Å². The summed E-state index contributed by atoms with van der Waals surface area (Å²) in [7, 11) is 0. The van der Waals surface area contributed by atoms with Crippen molar-refractivity contribution in [3.05, 3.63) is 66.6 Å². The topological polar surface area (TPSA) is 72.7 Å². The second kappa shape index (κ2) is 6.09. The number of hydrogen-bond donors (Lipinski definition) is 1. The summed E-state index contributed by atoms with van der Waals surface area (Å²) >= 11 is 0. The molecule has 0 fully saturated rings. The number of fused-ring (bicyclic) bond motifs is 1. The third kappa shape index (κ3) is 3.12. The molecular formula is C16H13N3O3. The number of nitrogens with one attached hydrogen (secondary N) is 1. The summed E-state index contributed by atoms with van der Waals surface area (Å²) in [6, 6.07) is 14.4. The summed E-state index contributed by atoms with van der Waals surface area (Å²) in [6.07, 6.45) is 3.34. The molecule has 3 rings (SSSR count). The van der Waals surface area contributed by atoms with Crippen molar-refractivity contribution in [1.29, 1.82) is 0 Å². The number of para-hydroxylation sites is 1. The number of carbonyl (C=O) groups is 2. The summed E-state index contributed by atoms with van der Waals surface area (Å²) in [4.78, 5) is 27.7. The van der Waals surface area contributed by atoms with Gasteiger partial charge in [0.1, 0.15) is 5.65 Å². The molecule has 1 amide bonds. The first-order chi connectivity index (χ1) is 10.7. The van der Waals surface area contributed by atoms with Gasteiger partial charge in [0.15, 0.2) is 12.3 Å². The maximum absolute atomic E-state index is 11.9. The van der Waals surface area contributed by atoms with Crippen molar-refractivity contribution in [1.82, 2.24) is 9.38 Å². The maximum atomic E-state index is 11.9. The number of imidazole rings is 1. The second-order valence-corrected chi connectivity index (χ2v) is 4.58. The van der Waals surface area contributed by atoms with E-state index in [0.717, 1.165) is 0 Å². The first-order valence-corrected chi connectivity index (χ1v) is 6.68. The molecule has 2 heterocycles. The third-order valence-corrected chi connectivity index (χ3v) is 2.97. The number of amides is 1. The highest BCUT2D eigenvalue weighted by molar-refractivity contribution is 5.94. The Balaban J connectivity index is 1.59. The first kappa shape index (κ1) is 13.8. The molecule has 1 aromatic carbocycles. The van der Waals surface area contributed by atoms with Gasteiger partial charge in [0.2, 0.25) is 0 Å². The highest BCUT2D eigenvalue weighted by Crippen LogP contribution is 2.07. The molecule has 0 unspecified atom stereocenters. The lowest BCUT2D eigenvalue weighted by Crippen LogP contribution is -2.21. The number of rotatable bonds is 4. The molecule has 22 heavy (non-hydrogen) atoms. The number of esters is 1. The number of anilines is 1. The number of benzene rings is 1. The third-order valence-electron chi connectivity index (χ3n) is 2.97. The molecule has 6 heteroatoms. The van der Waals surface area contributed by atoms with Crippen molar-refractivity contribution in [3.63, 3.8) is 0 Å². The summed E-state index contributed by atoms with van der Waals surface area (Å²) in [5.74, 6) is -1.03. The molecule has 0 spiro atoms. The normalized spacial score (nSPS) is 10.4. The summed E-state index contributed by atoms with van der Waals surface area (Å²) in [5, 5.41) is 2.63. The van der Waals surface area contributed by atoms with E-state index in [9.17, 15) is 9.59 Å². The molecule has 0 aliphatic heterocycles. The molecular weight excluding hydrogens is 282 g/mol. The van der Waals surface area contributed by atoms with Crippen molar-refractivity contribution < 1.29 is 14.3 Å². The van der Waals surface area contributed by atoms with Gasteiger partial charge in [0.05, 0.1) is 0 Å². The van der Waals surface area contributed by atoms with E-state index in [1.807, 2.05) is 18.2 Å². The van der Waals surface area contributed by atoms with E-state index < -0.39 is 11.9 Å². The predicted molar refractivity (Wildman–Crippen MR) is 80.5 cm³/mol. The molecule has 2 aromatic heterocycles. The van der Waals surface area contributed by atoms with Crippen molar-refractivity contribution in [3.8, 4) is 0 Å². The van der Waals surface area contributed by atoms with Crippen LogP contribution in [0.15, 0.2) is 60.9 Å². The molecule has 6 nitrogen and oxygen atoms in total. The van der Waals surface area contributed by atoms with Crippen LogP contribution in [0.5, 0.6) is 0 Å². The van der Waals surface area contributed by atoms with Crippen molar-refractivity contribution in [2.75, 3.05) is 11.9 Å². The van der Waals surface area contributed by atoms with E-state index in [4.69, 9.17) is 4.74 Å². The molecule has 0 radical (unpaired) electrons. The Kier molecular flexibility index (Phi) is 3.82. The minimum absolute atomic E-state index is 0.165. The Bertz CT molecular complexity index is 779. The van der Waals surface area contributed by atoms with Crippen LogP contribution in [0.2, 0.25) is 0 Å².